The third-order valence-electron chi connectivity index (χ3n) is 4.15. The van der Waals surface area contributed by atoms with Crippen LogP contribution < -0.4 is 10.2 Å². The lowest BCUT2D eigenvalue weighted by molar-refractivity contribution is -0.111. The van der Waals surface area contributed by atoms with E-state index in [2.05, 4.69) is 15.2 Å². The average Bonchev–Trinajstić information content (AvgIpc) is 2.73. The standard InChI is InChI=1S/C20H21N3O4/c1-26-20(25)17-14-16(3-4-18(17)23-10-12-27-13-11-23)22-19(24)5-2-15-6-8-21-9-7-15/h2-9,14H,10-13H2,1H3,(H,22,24). The number of nitrogens with one attached hydrogen (secondary N) is 1. The topological polar surface area (TPSA) is 80.8 Å². The highest BCUT2D eigenvalue weighted by atomic mass is 16.5. The summed E-state index contributed by atoms with van der Waals surface area (Å²) in [4.78, 5) is 30.4. The van der Waals surface area contributed by atoms with E-state index in [1.54, 1.807) is 42.7 Å². The first-order valence-electron chi connectivity index (χ1n) is 8.61. The first-order chi connectivity index (χ1) is 13.2. The SMILES string of the molecule is COC(=O)c1cc(NC(=O)C=Cc2ccncc2)ccc1N1CCOCC1. The Hall–Kier alpha value is -3.19. The summed E-state index contributed by atoms with van der Waals surface area (Å²) >= 11 is 0. The minimum absolute atomic E-state index is 0.290. The molecule has 1 amide bonds. The summed E-state index contributed by atoms with van der Waals surface area (Å²) < 4.78 is 10.3. The molecule has 1 fully saturated rings. The Kier molecular flexibility index (Phi) is 6.17. The minimum atomic E-state index is -0.445. The predicted molar refractivity (Wildman–Crippen MR) is 103 cm³/mol. The molecule has 0 atom stereocenters. The maximum absolute atomic E-state index is 12.2. The van der Waals surface area contributed by atoms with E-state index in [4.69, 9.17) is 9.47 Å². The summed E-state index contributed by atoms with van der Waals surface area (Å²) in [6, 6.07) is 8.83. The average molecular weight is 367 g/mol. The third kappa shape index (κ3) is 4.92. The number of amides is 1. The van der Waals surface area contributed by atoms with Gasteiger partial charge in [0.15, 0.2) is 0 Å². The van der Waals surface area contributed by atoms with E-state index in [9.17, 15) is 9.59 Å². The Balaban J connectivity index is 1.76. The summed E-state index contributed by atoms with van der Waals surface area (Å²) in [5, 5.41) is 2.77. The zero-order valence-corrected chi connectivity index (χ0v) is 15.1. The molecule has 2 heterocycles. The van der Waals surface area contributed by atoms with Gasteiger partial charge in [-0.2, -0.15) is 0 Å². The lowest BCUT2D eigenvalue weighted by atomic mass is 10.1. The van der Waals surface area contributed by atoms with Crippen molar-refractivity contribution in [2.45, 2.75) is 0 Å². The molecule has 1 aliphatic heterocycles. The lowest BCUT2D eigenvalue weighted by Crippen LogP contribution is -2.37. The molecule has 1 aliphatic rings. The molecule has 7 nitrogen and oxygen atoms in total. The van der Waals surface area contributed by atoms with Crippen LogP contribution in [0, 0.1) is 0 Å². The quantitative estimate of drug-likeness (QED) is 0.645. The van der Waals surface area contributed by atoms with Gasteiger partial charge in [0.2, 0.25) is 5.91 Å². The number of pyridine rings is 1. The Morgan fingerprint density at radius 2 is 1.93 bits per heavy atom. The number of morpholine rings is 1. The number of esters is 1. The van der Waals surface area contributed by atoms with Crippen molar-refractivity contribution in [3.63, 3.8) is 0 Å². The van der Waals surface area contributed by atoms with Gasteiger partial charge < -0.3 is 19.7 Å². The van der Waals surface area contributed by atoms with Crippen molar-refractivity contribution >= 4 is 29.3 Å². The van der Waals surface area contributed by atoms with E-state index in [0.29, 0.717) is 37.6 Å². The number of methoxy groups -OCH3 is 1. The van der Waals surface area contributed by atoms with Crippen LogP contribution in [0.3, 0.4) is 0 Å². The molecule has 1 aromatic carbocycles. The Bertz CT molecular complexity index is 830. The zero-order chi connectivity index (χ0) is 19.1. The molecular weight excluding hydrogens is 346 g/mol. The third-order valence-corrected chi connectivity index (χ3v) is 4.15. The van der Waals surface area contributed by atoms with E-state index in [-0.39, 0.29) is 5.91 Å². The van der Waals surface area contributed by atoms with E-state index < -0.39 is 5.97 Å². The summed E-state index contributed by atoms with van der Waals surface area (Å²) in [5.41, 5.74) is 2.58. The van der Waals surface area contributed by atoms with Crippen molar-refractivity contribution in [1.29, 1.82) is 0 Å². The molecule has 0 unspecified atom stereocenters. The van der Waals surface area contributed by atoms with Gasteiger partial charge in [0.05, 0.1) is 31.6 Å². The second kappa shape index (κ2) is 8.95. The molecule has 27 heavy (non-hydrogen) atoms. The van der Waals surface area contributed by atoms with Crippen LogP contribution in [0.2, 0.25) is 0 Å². The molecule has 1 saturated heterocycles. The number of ether oxygens (including phenoxy) is 2. The molecule has 1 N–H and O–H groups in total. The predicted octanol–water partition coefficient (Wildman–Crippen LogP) is 2.36. The van der Waals surface area contributed by atoms with E-state index >= 15 is 0 Å². The number of aromatic nitrogens is 1. The van der Waals surface area contributed by atoms with E-state index in [1.165, 1.54) is 13.2 Å². The minimum Gasteiger partial charge on any atom is -0.465 e. The van der Waals surface area contributed by atoms with E-state index in [1.807, 2.05) is 6.07 Å². The number of hydrogen-bond acceptors (Lipinski definition) is 6. The van der Waals surface area contributed by atoms with Crippen molar-refractivity contribution in [1.82, 2.24) is 4.98 Å². The number of anilines is 2. The van der Waals surface area contributed by atoms with Gasteiger partial charge in [0.1, 0.15) is 0 Å². The second-order valence-electron chi connectivity index (χ2n) is 5.93. The van der Waals surface area contributed by atoms with Crippen LogP contribution in [0.5, 0.6) is 0 Å². The highest BCUT2D eigenvalue weighted by Gasteiger charge is 2.20. The number of carbonyl (C=O) groups excluding carboxylic acids is 2. The van der Waals surface area contributed by atoms with Gasteiger partial charge in [-0.15, -0.1) is 0 Å². The first kappa shape index (κ1) is 18.6. The fraction of sp³-hybridized carbons (Fsp3) is 0.250. The zero-order valence-electron chi connectivity index (χ0n) is 15.1. The van der Waals surface area contributed by atoms with Crippen LogP contribution in [0.15, 0.2) is 48.8 Å². The van der Waals surface area contributed by atoms with Gasteiger partial charge in [-0.3, -0.25) is 9.78 Å². The number of carbonyl (C=O) groups is 2. The fourth-order valence-corrected chi connectivity index (χ4v) is 2.80. The van der Waals surface area contributed by atoms with Crippen LogP contribution in [-0.4, -0.2) is 50.3 Å². The Labute approximate surface area is 157 Å². The molecule has 2 aromatic rings. The van der Waals surface area contributed by atoms with Crippen LogP contribution in [0.25, 0.3) is 6.08 Å². The number of benzene rings is 1. The summed E-state index contributed by atoms with van der Waals surface area (Å²) in [7, 11) is 1.34. The fourth-order valence-electron chi connectivity index (χ4n) is 2.80. The molecule has 0 radical (unpaired) electrons. The van der Waals surface area contributed by atoms with Crippen molar-refractivity contribution in [2.75, 3.05) is 43.6 Å². The maximum Gasteiger partial charge on any atom is 0.340 e. The smallest absolute Gasteiger partial charge is 0.340 e. The van der Waals surface area contributed by atoms with Crippen LogP contribution in [0.1, 0.15) is 15.9 Å². The largest absolute Gasteiger partial charge is 0.465 e. The Morgan fingerprint density at radius 3 is 2.63 bits per heavy atom. The molecule has 0 saturated carbocycles. The normalized spacial score (nSPS) is 14.2. The Morgan fingerprint density at radius 1 is 1.19 bits per heavy atom. The van der Waals surface area contributed by atoms with Gasteiger partial charge in [0, 0.05) is 37.2 Å². The van der Waals surface area contributed by atoms with Gasteiger partial charge in [-0.05, 0) is 42.0 Å². The maximum atomic E-state index is 12.2. The lowest BCUT2D eigenvalue weighted by Gasteiger charge is -2.30. The van der Waals surface area contributed by atoms with Gasteiger partial charge in [-0.1, -0.05) is 0 Å². The molecular formula is C20H21N3O4. The molecule has 0 spiro atoms. The van der Waals surface area contributed by atoms with Gasteiger partial charge in [-0.25, -0.2) is 4.79 Å². The molecule has 7 heteroatoms. The van der Waals surface area contributed by atoms with Crippen molar-refractivity contribution in [2.24, 2.45) is 0 Å². The first-order valence-corrected chi connectivity index (χ1v) is 8.61. The summed E-state index contributed by atoms with van der Waals surface area (Å²) in [6.07, 6.45) is 6.44. The molecule has 140 valence electrons. The highest BCUT2D eigenvalue weighted by Crippen LogP contribution is 2.26. The molecule has 3 rings (SSSR count). The van der Waals surface area contributed by atoms with Crippen molar-refractivity contribution in [3.05, 3.63) is 59.9 Å². The number of rotatable bonds is 5. The number of nitrogens with zero attached hydrogens (tertiary/aromatic N) is 2. The summed E-state index contributed by atoms with van der Waals surface area (Å²) in [6.45, 7) is 2.62. The van der Waals surface area contributed by atoms with Gasteiger partial charge >= 0.3 is 5.97 Å². The molecule has 0 aliphatic carbocycles. The van der Waals surface area contributed by atoms with Crippen LogP contribution in [-0.2, 0) is 14.3 Å². The number of hydrogen-bond donors (Lipinski definition) is 1. The van der Waals surface area contributed by atoms with Crippen molar-refractivity contribution < 1.29 is 19.1 Å². The van der Waals surface area contributed by atoms with Gasteiger partial charge in [0.25, 0.3) is 0 Å². The highest BCUT2D eigenvalue weighted by molar-refractivity contribution is 6.03. The summed E-state index contributed by atoms with van der Waals surface area (Å²) in [5.74, 6) is -0.735. The van der Waals surface area contributed by atoms with Crippen LogP contribution >= 0.6 is 0 Å². The van der Waals surface area contributed by atoms with E-state index in [0.717, 1.165) is 11.3 Å². The monoisotopic (exact) mass is 367 g/mol. The van der Waals surface area contributed by atoms with Crippen molar-refractivity contribution in [3.8, 4) is 0 Å². The van der Waals surface area contributed by atoms with Crippen LogP contribution in [0.4, 0.5) is 11.4 Å². The molecule has 0 bridgehead atoms. The second-order valence-corrected chi connectivity index (χ2v) is 5.93. The molecule has 1 aromatic heterocycles.